The van der Waals surface area contributed by atoms with E-state index in [1.165, 1.54) is 6.92 Å². The minimum absolute atomic E-state index is 0.329. The Morgan fingerprint density at radius 2 is 1.50 bits per heavy atom. The second-order valence-corrected chi connectivity index (χ2v) is 2.44. The molecule has 1 amide bonds. The Hall–Kier alpha value is -2.11. The van der Waals surface area contributed by atoms with Crippen LogP contribution in [-0.2, 0) is 19.1 Å². The zero-order valence-electron chi connectivity index (χ0n) is 9.65. The van der Waals surface area contributed by atoms with Crippen LogP contribution in [0, 0.1) is 0 Å². The molecule has 0 aliphatic rings. The maximum absolute atomic E-state index is 9.82. The minimum atomic E-state index is -0.833. The van der Waals surface area contributed by atoms with E-state index in [0.717, 1.165) is 13.2 Å². The zero-order valence-corrected chi connectivity index (χ0v) is 9.65. The smallest absolute Gasteiger partial charge is 0.307 e. The normalized spacial score (nSPS) is 6.94. The van der Waals surface area contributed by atoms with E-state index in [1.54, 1.807) is 6.92 Å². The van der Waals surface area contributed by atoms with Gasteiger partial charge in [-0.3, -0.25) is 14.4 Å². The fraction of sp³-hybridized carbons (Fsp3) is 0.300. The molecule has 0 atom stereocenters. The van der Waals surface area contributed by atoms with Gasteiger partial charge in [0.05, 0.1) is 6.26 Å². The summed E-state index contributed by atoms with van der Waals surface area (Å²) in [6, 6.07) is 0. The monoisotopic (exact) mass is 231 g/mol. The van der Waals surface area contributed by atoms with Gasteiger partial charge in [0.2, 0.25) is 5.91 Å². The fourth-order valence-corrected chi connectivity index (χ4v) is 0.117. The molecule has 0 spiro atoms. The summed E-state index contributed by atoms with van der Waals surface area (Å²) < 4.78 is 4.17. The lowest BCUT2D eigenvalue weighted by Crippen LogP contribution is -2.10. The molecule has 0 radical (unpaired) electrons. The highest BCUT2D eigenvalue weighted by molar-refractivity contribution is 5.90. The Bertz CT molecular complexity index is 254. The van der Waals surface area contributed by atoms with Gasteiger partial charge in [-0.05, 0) is 6.92 Å². The highest BCUT2D eigenvalue weighted by Crippen LogP contribution is 1.78. The maximum atomic E-state index is 9.82. The van der Waals surface area contributed by atoms with Crippen LogP contribution >= 0.6 is 0 Å². The van der Waals surface area contributed by atoms with Crippen molar-refractivity contribution in [1.29, 1.82) is 0 Å². The van der Waals surface area contributed by atoms with Crippen LogP contribution in [0.3, 0.4) is 0 Å². The number of ether oxygens (including phenoxy) is 1. The summed E-state index contributed by atoms with van der Waals surface area (Å²) in [5, 5.41) is 7.42. The summed E-state index contributed by atoms with van der Waals surface area (Å²) in [7, 11) is 0. The Balaban J connectivity index is -0.000000162. The van der Waals surface area contributed by atoms with Crippen molar-refractivity contribution in [3.63, 3.8) is 0 Å². The standard InChI is InChI=1S/C4H7NO.C4H6O2.C2H4O2/c1-3(2)4(5)6;1-3-6-4(2)5;1-2(3)4/h1H2,2H3,(H2,5,6);3H,1H2,2H3;1H3,(H,3,4). The molecule has 16 heavy (non-hydrogen) atoms. The van der Waals surface area contributed by atoms with Gasteiger partial charge in [0.25, 0.3) is 5.97 Å². The molecule has 6 nitrogen and oxygen atoms in total. The van der Waals surface area contributed by atoms with E-state index < -0.39 is 11.9 Å². The third-order valence-electron chi connectivity index (χ3n) is 0.670. The molecule has 0 aromatic heterocycles. The van der Waals surface area contributed by atoms with Gasteiger partial charge in [0.1, 0.15) is 0 Å². The van der Waals surface area contributed by atoms with E-state index in [9.17, 15) is 9.59 Å². The number of nitrogens with two attached hydrogens (primary N) is 1. The first-order valence-electron chi connectivity index (χ1n) is 4.08. The summed E-state index contributed by atoms with van der Waals surface area (Å²) in [5.41, 5.74) is 5.09. The van der Waals surface area contributed by atoms with Gasteiger partial charge in [-0.15, -0.1) is 0 Å². The number of hydrogen-bond acceptors (Lipinski definition) is 4. The zero-order chi connectivity index (χ0) is 13.7. The van der Waals surface area contributed by atoms with Crippen LogP contribution in [-0.4, -0.2) is 23.0 Å². The lowest BCUT2D eigenvalue weighted by Gasteiger charge is -1.83. The predicted molar refractivity (Wildman–Crippen MR) is 59.3 cm³/mol. The molecule has 0 saturated heterocycles. The van der Waals surface area contributed by atoms with Crippen molar-refractivity contribution in [3.05, 3.63) is 25.0 Å². The van der Waals surface area contributed by atoms with Crippen molar-refractivity contribution in [2.24, 2.45) is 5.73 Å². The molecule has 0 unspecified atom stereocenters. The van der Waals surface area contributed by atoms with Gasteiger partial charge in [-0.2, -0.15) is 0 Å². The van der Waals surface area contributed by atoms with Gasteiger partial charge in [0, 0.05) is 19.4 Å². The summed E-state index contributed by atoms with van der Waals surface area (Å²) >= 11 is 0. The van der Waals surface area contributed by atoms with Crippen molar-refractivity contribution in [3.8, 4) is 0 Å². The first-order valence-corrected chi connectivity index (χ1v) is 4.08. The van der Waals surface area contributed by atoms with Crippen molar-refractivity contribution in [2.45, 2.75) is 20.8 Å². The van der Waals surface area contributed by atoms with E-state index >= 15 is 0 Å². The highest BCUT2D eigenvalue weighted by atomic mass is 16.5. The van der Waals surface area contributed by atoms with E-state index in [1.807, 2.05) is 0 Å². The molecule has 0 aromatic carbocycles. The summed E-state index contributed by atoms with van der Waals surface area (Å²) in [6.07, 6.45) is 1.10. The molecule has 0 rings (SSSR count). The molecule has 6 heteroatoms. The van der Waals surface area contributed by atoms with Gasteiger partial charge in [-0.25, -0.2) is 0 Å². The molecule has 0 heterocycles. The lowest BCUT2D eigenvalue weighted by molar-refractivity contribution is -0.136. The van der Waals surface area contributed by atoms with Crippen LogP contribution < -0.4 is 5.73 Å². The van der Waals surface area contributed by atoms with Gasteiger partial charge in [0.15, 0.2) is 0 Å². The Morgan fingerprint density at radius 1 is 1.25 bits per heavy atom. The molecule has 0 fully saturated rings. The molecule has 0 aliphatic heterocycles. The topological polar surface area (TPSA) is 107 Å². The molecular weight excluding hydrogens is 214 g/mol. The van der Waals surface area contributed by atoms with E-state index in [0.29, 0.717) is 5.57 Å². The summed E-state index contributed by atoms with van der Waals surface area (Å²) in [6.45, 7) is 10.4. The lowest BCUT2D eigenvalue weighted by atomic mass is 10.3. The average molecular weight is 231 g/mol. The molecule has 0 aromatic rings. The number of primary amides is 1. The average Bonchev–Trinajstić information content (AvgIpc) is 2.03. The van der Waals surface area contributed by atoms with E-state index in [-0.39, 0.29) is 5.97 Å². The summed E-state index contributed by atoms with van der Waals surface area (Å²) in [4.78, 5) is 28.6. The number of carboxylic acids is 1. The number of aliphatic carboxylic acids is 1. The molecule has 92 valence electrons. The Labute approximate surface area is 94.4 Å². The van der Waals surface area contributed by atoms with Crippen molar-refractivity contribution >= 4 is 17.8 Å². The third kappa shape index (κ3) is 59.0. The number of carboxylic acid groups (broad SMARTS) is 1. The quantitative estimate of drug-likeness (QED) is 0.416. The van der Waals surface area contributed by atoms with Crippen molar-refractivity contribution < 1.29 is 24.2 Å². The van der Waals surface area contributed by atoms with Gasteiger partial charge in [-0.1, -0.05) is 13.2 Å². The SMILES string of the molecule is C=C(C)C(N)=O.C=COC(C)=O.CC(=O)O. The molecule has 3 N–H and O–H groups in total. The number of hydrogen-bond donors (Lipinski definition) is 2. The number of carbonyl (C=O) groups is 3. The number of esters is 1. The van der Waals surface area contributed by atoms with Crippen LogP contribution in [0.1, 0.15) is 20.8 Å². The van der Waals surface area contributed by atoms with Gasteiger partial charge >= 0.3 is 5.97 Å². The van der Waals surface area contributed by atoms with Gasteiger partial charge < -0.3 is 15.6 Å². The second-order valence-electron chi connectivity index (χ2n) is 2.44. The highest BCUT2D eigenvalue weighted by Gasteiger charge is 1.86. The first-order chi connectivity index (χ1) is 7.14. The van der Waals surface area contributed by atoms with E-state index in [4.69, 9.17) is 15.6 Å². The Kier molecular flexibility index (Phi) is 15.7. The first kappa shape index (κ1) is 19.5. The number of carbonyl (C=O) groups excluding carboxylic acids is 2. The number of rotatable bonds is 2. The molecule has 0 bridgehead atoms. The van der Waals surface area contributed by atoms with Crippen LogP contribution in [0.2, 0.25) is 0 Å². The van der Waals surface area contributed by atoms with Crippen LogP contribution in [0.5, 0.6) is 0 Å². The largest absolute Gasteiger partial charge is 0.481 e. The van der Waals surface area contributed by atoms with Crippen molar-refractivity contribution in [1.82, 2.24) is 0 Å². The fourth-order valence-electron chi connectivity index (χ4n) is 0.117. The predicted octanol–water partition coefficient (Wildman–Crippen LogP) is 0.832. The third-order valence-corrected chi connectivity index (χ3v) is 0.670. The Morgan fingerprint density at radius 3 is 1.50 bits per heavy atom. The molecular formula is C10H17NO5. The second kappa shape index (κ2) is 12.9. The van der Waals surface area contributed by atoms with Crippen molar-refractivity contribution in [2.75, 3.05) is 0 Å². The van der Waals surface area contributed by atoms with Crippen LogP contribution in [0.15, 0.2) is 25.0 Å². The molecule has 0 aliphatic carbocycles. The number of amides is 1. The van der Waals surface area contributed by atoms with Crippen LogP contribution in [0.4, 0.5) is 0 Å². The maximum Gasteiger partial charge on any atom is 0.307 e. The molecule has 0 saturated carbocycles. The van der Waals surface area contributed by atoms with E-state index in [2.05, 4.69) is 17.9 Å². The minimum Gasteiger partial charge on any atom is -0.481 e. The summed E-state index contributed by atoms with van der Waals surface area (Å²) in [5.74, 6) is -1.60. The van der Waals surface area contributed by atoms with Crippen LogP contribution in [0.25, 0.3) is 0 Å².